The van der Waals surface area contributed by atoms with E-state index in [-0.39, 0.29) is 18.5 Å². The number of carbonyl (C=O) groups is 2. The first-order valence-electron chi connectivity index (χ1n) is 7.20. The summed E-state index contributed by atoms with van der Waals surface area (Å²) >= 11 is 6.77. The number of nitrogens with one attached hydrogen (secondary N) is 1. The molecule has 2 rings (SSSR count). The number of halogens is 2. The van der Waals surface area contributed by atoms with E-state index in [2.05, 4.69) is 43.8 Å². The molecule has 1 aromatic rings. The number of benzene rings is 1. The van der Waals surface area contributed by atoms with Gasteiger partial charge < -0.3 is 10.1 Å². The lowest BCUT2D eigenvalue weighted by Gasteiger charge is -2.26. The number of ether oxygens (including phenoxy) is 1. The maximum absolute atomic E-state index is 12.6. The Labute approximate surface area is 152 Å². The summed E-state index contributed by atoms with van der Waals surface area (Å²) in [6.45, 7) is 3.68. The Morgan fingerprint density at radius 3 is 2.39 bits per heavy atom. The summed E-state index contributed by atoms with van der Waals surface area (Å²) in [4.78, 5) is 24.7. The standard InChI is InChI=1S/C17H17Br2NO3/c1-2-7-23-17(22)15-6-4-3-5-14(15)16(21)20-13-9-11(18)8-12(19)10-13/h2-4,8-10,14-15H,1,5-7H2,(H,20,21)/t14-,15+/m0/s1. The Bertz CT molecular complexity index is 622. The summed E-state index contributed by atoms with van der Waals surface area (Å²) < 4.78 is 6.82. The Kier molecular flexibility index (Phi) is 6.59. The lowest BCUT2D eigenvalue weighted by molar-refractivity contribution is -0.151. The van der Waals surface area contributed by atoms with Crippen LogP contribution in [0.15, 0.2) is 52.0 Å². The van der Waals surface area contributed by atoms with Gasteiger partial charge in [-0.2, -0.15) is 0 Å². The molecule has 0 aromatic heterocycles. The largest absolute Gasteiger partial charge is 0.461 e. The van der Waals surface area contributed by atoms with Crippen LogP contribution in [0.4, 0.5) is 5.69 Å². The SMILES string of the molecule is C=CCOC(=O)[C@@H]1CC=CC[C@@H]1C(=O)Nc1cc(Br)cc(Br)c1. The number of rotatable bonds is 5. The molecule has 23 heavy (non-hydrogen) atoms. The molecule has 0 saturated heterocycles. The highest BCUT2D eigenvalue weighted by molar-refractivity contribution is 9.11. The smallest absolute Gasteiger partial charge is 0.310 e. The second-order valence-corrected chi connectivity index (χ2v) is 7.05. The fourth-order valence-electron chi connectivity index (χ4n) is 2.47. The predicted octanol–water partition coefficient (Wildman–Crippen LogP) is 4.46. The van der Waals surface area contributed by atoms with E-state index in [1.54, 1.807) is 0 Å². The average molecular weight is 443 g/mol. The second-order valence-electron chi connectivity index (χ2n) is 5.22. The second kappa shape index (κ2) is 8.45. The molecule has 122 valence electrons. The molecular weight excluding hydrogens is 426 g/mol. The monoisotopic (exact) mass is 441 g/mol. The van der Waals surface area contributed by atoms with Crippen molar-refractivity contribution in [1.82, 2.24) is 0 Å². The molecule has 1 aliphatic rings. The van der Waals surface area contributed by atoms with Crippen LogP contribution in [0, 0.1) is 11.8 Å². The zero-order chi connectivity index (χ0) is 16.8. The molecule has 0 fully saturated rings. The van der Waals surface area contributed by atoms with E-state index in [4.69, 9.17) is 4.74 Å². The van der Waals surface area contributed by atoms with Gasteiger partial charge in [0.05, 0.1) is 11.8 Å². The van der Waals surface area contributed by atoms with Crippen LogP contribution in [0.5, 0.6) is 0 Å². The molecule has 0 spiro atoms. The molecule has 1 amide bonds. The number of esters is 1. The summed E-state index contributed by atoms with van der Waals surface area (Å²) in [5.41, 5.74) is 0.670. The van der Waals surface area contributed by atoms with Gasteiger partial charge in [0, 0.05) is 14.6 Å². The van der Waals surface area contributed by atoms with Gasteiger partial charge in [-0.25, -0.2) is 0 Å². The van der Waals surface area contributed by atoms with Gasteiger partial charge in [-0.05, 0) is 31.0 Å². The Hall–Kier alpha value is -1.40. The highest BCUT2D eigenvalue weighted by Gasteiger charge is 2.35. The van der Waals surface area contributed by atoms with E-state index in [0.29, 0.717) is 18.5 Å². The molecule has 1 N–H and O–H groups in total. The van der Waals surface area contributed by atoms with Crippen molar-refractivity contribution in [3.8, 4) is 0 Å². The number of hydrogen-bond acceptors (Lipinski definition) is 3. The Balaban J connectivity index is 2.10. The van der Waals surface area contributed by atoms with Crippen LogP contribution in [0.25, 0.3) is 0 Å². The van der Waals surface area contributed by atoms with E-state index in [1.807, 2.05) is 30.4 Å². The van der Waals surface area contributed by atoms with Crippen LogP contribution in [-0.4, -0.2) is 18.5 Å². The fourth-order valence-corrected chi connectivity index (χ4v) is 3.77. The number of anilines is 1. The lowest BCUT2D eigenvalue weighted by atomic mass is 9.82. The molecule has 1 aliphatic carbocycles. The van der Waals surface area contributed by atoms with E-state index in [1.165, 1.54) is 6.08 Å². The Morgan fingerprint density at radius 2 is 1.78 bits per heavy atom. The first kappa shape index (κ1) is 17.9. The number of amides is 1. The molecule has 0 saturated carbocycles. The van der Waals surface area contributed by atoms with Crippen LogP contribution in [0.1, 0.15) is 12.8 Å². The lowest BCUT2D eigenvalue weighted by Crippen LogP contribution is -2.35. The zero-order valence-electron chi connectivity index (χ0n) is 12.4. The molecule has 4 nitrogen and oxygen atoms in total. The normalized spacial score (nSPS) is 19.9. The highest BCUT2D eigenvalue weighted by atomic mass is 79.9. The molecule has 0 bridgehead atoms. The van der Waals surface area contributed by atoms with Crippen LogP contribution < -0.4 is 5.32 Å². The maximum Gasteiger partial charge on any atom is 0.310 e. The molecule has 0 heterocycles. The van der Waals surface area contributed by atoms with Crippen molar-refractivity contribution in [3.63, 3.8) is 0 Å². The third kappa shape index (κ3) is 5.04. The summed E-state index contributed by atoms with van der Waals surface area (Å²) in [6.07, 6.45) is 6.40. The average Bonchev–Trinajstić information content (AvgIpc) is 2.51. The van der Waals surface area contributed by atoms with Crippen molar-refractivity contribution in [2.45, 2.75) is 12.8 Å². The van der Waals surface area contributed by atoms with Crippen molar-refractivity contribution in [2.75, 3.05) is 11.9 Å². The van der Waals surface area contributed by atoms with E-state index < -0.39 is 11.8 Å². The van der Waals surface area contributed by atoms with Crippen LogP contribution in [0.3, 0.4) is 0 Å². The summed E-state index contributed by atoms with van der Waals surface area (Å²) in [5.74, 6) is -1.43. The number of allylic oxidation sites excluding steroid dienone is 2. The van der Waals surface area contributed by atoms with E-state index >= 15 is 0 Å². The molecule has 0 unspecified atom stereocenters. The summed E-state index contributed by atoms with van der Waals surface area (Å²) in [6, 6.07) is 5.51. The first-order chi connectivity index (χ1) is 11.0. The third-order valence-corrected chi connectivity index (χ3v) is 4.46. The van der Waals surface area contributed by atoms with Gasteiger partial charge in [-0.1, -0.05) is 56.7 Å². The van der Waals surface area contributed by atoms with Crippen LogP contribution >= 0.6 is 31.9 Å². The summed E-state index contributed by atoms with van der Waals surface area (Å²) in [5, 5.41) is 2.87. The van der Waals surface area contributed by atoms with Gasteiger partial charge in [-0.15, -0.1) is 0 Å². The van der Waals surface area contributed by atoms with Crippen molar-refractivity contribution in [2.24, 2.45) is 11.8 Å². The molecule has 6 heteroatoms. The minimum atomic E-state index is -0.462. The minimum absolute atomic E-state index is 0.159. The number of hydrogen-bond donors (Lipinski definition) is 1. The Morgan fingerprint density at radius 1 is 1.17 bits per heavy atom. The van der Waals surface area contributed by atoms with Crippen molar-refractivity contribution < 1.29 is 14.3 Å². The fraction of sp³-hybridized carbons (Fsp3) is 0.294. The number of carbonyl (C=O) groups excluding carboxylic acids is 2. The predicted molar refractivity (Wildman–Crippen MR) is 97.0 cm³/mol. The molecule has 0 aliphatic heterocycles. The van der Waals surface area contributed by atoms with Gasteiger partial charge in [0.1, 0.15) is 6.61 Å². The van der Waals surface area contributed by atoms with E-state index in [9.17, 15) is 9.59 Å². The zero-order valence-corrected chi connectivity index (χ0v) is 15.6. The van der Waals surface area contributed by atoms with Crippen molar-refractivity contribution in [3.05, 3.63) is 52.0 Å². The summed E-state index contributed by atoms with van der Waals surface area (Å²) in [7, 11) is 0. The molecule has 1 aromatic carbocycles. The van der Waals surface area contributed by atoms with Gasteiger partial charge in [0.15, 0.2) is 0 Å². The van der Waals surface area contributed by atoms with Gasteiger partial charge >= 0.3 is 5.97 Å². The van der Waals surface area contributed by atoms with Crippen LogP contribution in [-0.2, 0) is 14.3 Å². The molecule has 0 radical (unpaired) electrons. The topological polar surface area (TPSA) is 55.4 Å². The maximum atomic E-state index is 12.6. The molecule has 2 atom stereocenters. The van der Waals surface area contributed by atoms with E-state index in [0.717, 1.165) is 8.95 Å². The minimum Gasteiger partial charge on any atom is -0.461 e. The molecular formula is C17H17Br2NO3. The van der Waals surface area contributed by atoms with Gasteiger partial charge in [-0.3, -0.25) is 9.59 Å². The van der Waals surface area contributed by atoms with Crippen molar-refractivity contribution >= 4 is 49.4 Å². The van der Waals surface area contributed by atoms with Gasteiger partial charge in [0.2, 0.25) is 5.91 Å². The highest BCUT2D eigenvalue weighted by Crippen LogP contribution is 2.29. The van der Waals surface area contributed by atoms with Gasteiger partial charge in [0.25, 0.3) is 0 Å². The van der Waals surface area contributed by atoms with Crippen molar-refractivity contribution in [1.29, 1.82) is 0 Å². The quantitative estimate of drug-likeness (QED) is 0.540. The first-order valence-corrected chi connectivity index (χ1v) is 8.79. The third-order valence-electron chi connectivity index (χ3n) is 3.55. The van der Waals surface area contributed by atoms with Crippen LogP contribution in [0.2, 0.25) is 0 Å².